The average molecular weight is 394 g/mol. The van der Waals surface area contributed by atoms with Crippen LogP contribution in [0, 0.1) is 3.57 Å². The fraction of sp³-hybridized carbons (Fsp3) is 0.0909. The lowest BCUT2D eigenvalue weighted by Crippen LogP contribution is -2.13. The lowest BCUT2D eigenvalue weighted by atomic mass is 10.3. The highest BCUT2D eigenvalue weighted by Crippen LogP contribution is 2.24. The van der Waals surface area contributed by atoms with Crippen molar-refractivity contribution in [2.45, 2.75) is 11.4 Å². The van der Waals surface area contributed by atoms with Crippen molar-refractivity contribution in [2.75, 3.05) is 4.72 Å². The highest BCUT2D eigenvalue weighted by Gasteiger charge is 2.17. The number of hydrogen-bond acceptors (Lipinski definition) is 4. The minimum Gasteiger partial charge on any atom is -0.326 e. The molecule has 0 aliphatic carbocycles. The molecule has 2 aromatic rings. The number of rotatable bonds is 4. The normalized spacial score (nSPS) is 11.4. The molecular formula is C11H11IN2O2S2. The van der Waals surface area contributed by atoms with E-state index in [9.17, 15) is 8.42 Å². The highest BCUT2D eigenvalue weighted by molar-refractivity contribution is 14.1. The van der Waals surface area contributed by atoms with Crippen LogP contribution in [0.5, 0.6) is 0 Å². The molecule has 0 amide bonds. The summed E-state index contributed by atoms with van der Waals surface area (Å²) in [6.07, 6.45) is 0. The summed E-state index contributed by atoms with van der Waals surface area (Å²) < 4.78 is 27.7. The Hall–Kier alpha value is -0.640. The Kier molecular flexibility index (Phi) is 4.25. The number of para-hydroxylation sites is 1. The molecule has 0 saturated heterocycles. The Morgan fingerprint density at radius 2 is 2.06 bits per heavy atom. The zero-order valence-electron chi connectivity index (χ0n) is 9.26. The highest BCUT2D eigenvalue weighted by atomic mass is 127. The molecule has 0 atom stereocenters. The van der Waals surface area contributed by atoms with Crippen LogP contribution in [0.4, 0.5) is 5.69 Å². The second kappa shape index (κ2) is 5.55. The third kappa shape index (κ3) is 3.02. The van der Waals surface area contributed by atoms with Crippen molar-refractivity contribution in [3.8, 4) is 0 Å². The Labute approximate surface area is 123 Å². The first-order chi connectivity index (χ1) is 8.53. The summed E-state index contributed by atoms with van der Waals surface area (Å²) in [6, 6.07) is 8.82. The van der Waals surface area contributed by atoms with Crippen molar-refractivity contribution in [2.24, 2.45) is 5.73 Å². The number of nitrogens with one attached hydrogen (secondary N) is 1. The third-order valence-electron chi connectivity index (χ3n) is 2.26. The van der Waals surface area contributed by atoms with Gasteiger partial charge in [0.2, 0.25) is 0 Å². The van der Waals surface area contributed by atoms with Crippen molar-refractivity contribution < 1.29 is 8.42 Å². The van der Waals surface area contributed by atoms with E-state index >= 15 is 0 Å². The van der Waals surface area contributed by atoms with Crippen LogP contribution in [0.1, 0.15) is 4.88 Å². The van der Waals surface area contributed by atoms with Gasteiger partial charge in [-0.1, -0.05) is 12.1 Å². The maximum atomic E-state index is 12.1. The van der Waals surface area contributed by atoms with Gasteiger partial charge in [0, 0.05) is 20.4 Å². The van der Waals surface area contributed by atoms with Crippen LogP contribution in [0.15, 0.2) is 40.6 Å². The van der Waals surface area contributed by atoms with Crippen LogP contribution in [0.2, 0.25) is 0 Å². The zero-order chi connectivity index (χ0) is 13.2. The van der Waals surface area contributed by atoms with Crippen molar-refractivity contribution in [3.05, 3.63) is 44.2 Å². The van der Waals surface area contributed by atoms with Crippen LogP contribution in [-0.4, -0.2) is 8.42 Å². The molecule has 1 aromatic heterocycles. The fourth-order valence-electron chi connectivity index (χ4n) is 1.36. The van der Waals surface area contributed by atoms with E-state index in [0.29, 0.717) is 12.2 Å². The Bertz CT molecular complexity index is 653. The largest absolute Gasteiger partial charge is 0.326 e. The van der Waals surface area contributed by atoms with Gasteiger partial charge >= 0.3 is 0 Å². The van der Waals surface area contributed by atoms with Crippen LogP contribution in [-0.2, 0) is 16.6 Å². The third-order valence-corrected chi connectivity index (χ3v) is 5.65. The van der Waals surface area contributed by atoms with Gasteiger partial charge in [0.25, 0.3) is 10.0 Å². The molecule has 18 heavy (non-hydrogen) atoms. The van der Waals surface area contributed by atoms with Crippen LogP contribution in [0.25, 0.3) is 0 Å². The van der Waals surface area contributed by atoms with Crippen molar-refractivity contribution >= 4 is 49.6 Å². The molecular weight excluding hydrogens is 383 g/mol. The first-order valence-corrected chi connectivity index (χ1v) is 8.52. The van der Waals surface area contributed by atoms with Gasteiger partial charge in [-0.3, -0.25) is 4.72 Å². The van der Waals surface area contributed by atoms with E-state index in [1.54, 1.807) is 23.6 Å². The van der Waals surface area contributed by atoms with Crippen molar-refractivity contribution in [3.63, 3.8) is 0 Å². The predicted octanol–water partition coefficient (Wildman–Crippen LogP) is 2.61. The van der Waals surface area contributed by atoms with Crippen LogP contribution >= 0.6 is 33.9 Å². The van der Waals surface area contributed by atoms with Gasteiger partial charge in [0.1, 0.15) is 0 Å². The molecule has 0 bridgehead atoms. The molecule has 0 aliphatic rings. The molecule has 3 N–H and O–H groups in total. The molecule has 0 unspecified atom stereocenters. The quantitative estimate of drug-likeness (QED) is 0.784. The van der Waals surface area contributed by atoms with Crippen molar-refractivity contribution in [1.29, 1.82) is 0 Å². The lowest BCUT2D eigenvalue weighted by Gasteiger charge is -2.07. The molecule has 1 aromatic carbocycles. The number of anilines is 1. The Morgan fingerprint density at radius 1 is 1.33 bits per heavy atom. The Balaban J connectivity index is 2.30. The van der Waals surface area contributed by atoms with E-state index in [1.165, 1.54) is 11.3 Å². The maximum absolute atomic E-state index is 12.1. The van der Waals surface area contributed by atoms with E-state index in [2.05, 4.69) is 27.3 Å². The number of hydrogen-bond donors (Lipinski definition) is 2. The molecule has 1 heterocycles. The van der Waals surface area contributed by atoms with Gasteiger partial charge in [-0.05, 0) is 40.8 Å². The van der Waals surface area contributed by atoms with E-state index in [1.807, 2.05) is 12.1 Å². The number of thiophene rings is 1. The fourth-order valence-corrected chi connectivity index (χ4v) is 4.30. The number of nitrogens with two attached hydrogens (primary N) is 1. The first-order valence-electron chi connectivity index (χ1n) is 5.08. The van der Waals surface area contributed by atoms with Gasteiger partial charge in [0.15, 0.2) is 0 Å². The summed E-state index contributed by atoms with van der Waals surface area (Å²) in [5.41, 5.74) is 6.06. The summed E-state index contributed by atoms with van der Waals surface area (Å²) in [7, 11) is -3.53. The van der Waals surface area contributed by atoms with Gasteiger partial charge in [-0.25, -0.2) is 8.42 Å². The SMILES string of the molecule is NCc1cc(S(=O)(=O)Nc2ccccc2I)cs1. The first kappa shape index (κ1) is 13.8. The maximum Gasteiger partial charge on any atom is 0.262 e. The molecule has 7 heteroatoms. The minimum absolute atomic E-state index is 0.257. The number of sulfonamides is 1. The van der Waals surface area contributed by atoms with E-state index in [0.717, 1.165) is 8.45 Å². The summed E-state index contributed by atoms with van der Waals surface area (Å²) >= 11 is 3.43. The summed E-state index contributed by atoms with van der Waals surface area (Å²) in [5, 5.41) is 1.60. The molecule has 0 radical (unpaired) electrons. The smallest absolute Gasteiger partial charge is 0.262 e. The minimum atomic E-state index is -3.53. The summed E-state index contributed by atoms with van der Waals surface area (Å²) in [5.74, 6) is 0. The standard InChI is InChI=1S/C11H11IN2O2S2/c12-10-3-1-2-4-11(10)14-18(15,16)9-5-8(6-13)17-7-9/h1-5,7,14H,6,13H2. The van der Waals surface area contributed by atoms with Gasteiger partial charge in [-0.15, -0.1) is 11.3 Å². The van der Waals surface area contributed by atoms with E-state index in [4.69, 9.17) is 5.73 Å². The van der Waals surface area contributed by atoms with Crippen LogP contribution in [0.3, 0.4) is 0 Å². The summed E-state index contributed by atoms with van der Waals surface area (Å²) in [6.45, 7) is 0.350. The average Bonchev–Trinajstić information content (AvgIpc) is 2.81. The number of benzene rings is 1. The van der Waals surface area contributed by atoms with E-state index in [-0.39, 0.29) is 4.90 Å². The van der Waals surface area contributed by atoms with Gasteiger partial charge < -0.3 is 5.73 Å². The van der Waals surface area contributed by atoms with E-state index < -0.39 is 10.0 Å². The molecule has 4 nitrogen and oxygen atoms in total. The zero-order valence-corrected chi connectivity index (χ0v) is 13.1. The predicted molar refractivity (Wildman–Crippen MR) is 82.2 cm³/mol. The monoisotopic (exact) mass is 394 g/mol. The lowest BCUT2D eigenvalue weighted by molar-refractivity contribution is 0.601. The van der Waals surface area contributed by atoms with Crippen LogP contribution < -0.4 is 10.5 Å². The van der Waals surface area contributed by atoms with Gasteiger partial charge in [-0.2, -0.15) is 0 Å². The second-order valence-electron chi connectivity index (χ2n) is 3.54. The second-order valence-corrected chi connectivity index (χ2v) is 7.38. The molecule has 0 spiro atoms. The summed E-state index contributed by atoms with van der Waals surface area (Å²) in [4.78, 5) is 1.10. The molecule has 0 fully saturated rings. The topological polar surface area (TPSA) is 72.2 Å². The molecule has 2 rings (SSSR count). The molecule has 0 aliphatic heterocycles. The molecule has 0 saturated carbocycles. The van der Waals surface area contributed by atoms with Crippen molar-refractivity contribution in [1.82, 2.24) is 0 Å². The molecule has 96 valence electrons. The Morgan fingerprint density at radius 3 is 2.67 bits per heavy atom. The number of halogens is 1. The van der Waals surface area contributed by atoms with Gasteiger partial charge in [0.05, 0.1) is 10.6 Å².